The van der Waals surface area contributed by atoms with Crippen LogP contribution < -0.4 is 10.6 Å². The Morgan fingerprint density at radius 3 is 2.55 bits per heavy atom. The van der Waals surface area contributed by atoms with E-state index in [0.717, 1.165) is 22.1 Å². The van der Waals surface area contributed by atoms with E-state index in [9.17, 15) is 10.1 Å². The largest absolute Gasteiger partial charge is 0.364 e. The lowest BCUT2D eigenvalue weighted by Gasteiger charge is -2.09. The summed E-state index contributed by atoms with van der Waals surface area (Å²) in [5.74, 6) is 0.418. The van der Waals surface area contributed by atoms with Crippen LogP contribution in [0.5, 0.6) is 0 Å². The van der Waals surface area contributed by atoms with Gasteiger partial charge in [0.15, 0.2) is 0 Å². The summed E-state index contributed by atoms with van der Waals surface area (Å²) in [7, 11) is 0. The van der Waals surface area contributed by atoms with Gasteiger partial charge in [-0.05, 0) is 53.3 Å². The number of hydrogen-bond donors (Lipinski definition) is 2. The molecule has 0 aliphatic rings. The normalized spacial score (nSPS) is 10.3. The number of nitro groups is 1. The van der Waals surface area contributed by atoms with Crippen LogP contribution in [-0.4, -0.2) is 21.4 Å². The standard InChI is InChI=1S/C14H16IN5O2/c1-2-3-8-16-13-12(20(21)22)14(18-9-17-13)19-11-6-4-10(15)5-7-11/h4-7,9H,2-3,8H2,1H3,(H2,16,17,18,19). The van der Waals surface area contributed by atoms with Crippen LogP contribution in [-0.2, 0) is 0 Å². The lowest BCUT2D eigenvalue weighted by molar-refractivity contribution is -0.383. The fourth-order valence-corrected chi connectivity index (χ4v) is 2.19. The summed E-state index contributed by atoms with van der Waals surface area (Å²) in [4.78, 5) is 18.9. The number of nitrogens with zero attached hydrogens (tertiary/aromatic N) is 3. The molecule has 0 saturated heterocycles. The van der Waals surface area contributed by atoms with Crippen LogP contribution in [0.4, 0.5) is 23.0 Å². The Hall–Kier alpha value is -1.97. The highest BCUT2D eigenvalue weighted by Crippen LogP contribution is 2.31. The van der Waals surface area contributed by atoms with Gasteiger partial charge in [0.2, 0.25) is 11.6 Å². The minimum atomic E-state index is -0.469. The van der Waals surface area contributed by atoms with Gasteiger partial charge >= 0.3 is 5.69 Å². The number of unbranched alkanes of at least 4 members (excludes halogenated alkanes) is 1. The number of halogens is 1. The zero-order valence-corrected chi connectivity index (χ0v) is 14.2. The highest BCUT2D eigenvalue weighted by Gasteiger charge is 2.22. The first kappa shape index (κ1) is 16.4. The van der Waals surface area contributed by atoms with E-state index in [1.54, 1.807) is 0 Å². The van der Waals surface area contributed by atoms with E-state index in [-0.39, 0.29) is 17.3 Å². The third-order valence-electron chi connectivity index (χ3n) is 2.93. The number of nitrogens with one attached hydrogen (secondary N) is 2. The first-order chi connectivity index (χ1) is 10.6. The highest BCUT2D eigenvalue weighted by atomic mass is 127. The van der Waals surface area contributed by atoms with Crippen molar-refractivity contribution >= 4 is 45.6 Å². The van der Waals surface area contributed by atoms with Gasteiger partial charge in [0.1, 0.15) is 6.33 Å². The van der Waals surface area contributed by atoms with Crippen LogP contribution in [0.2, 0.25) is 0 Å². The minimum Gasteiger partial charge on any atom is -0.364 e. The van der Waals surface area contributed by atoms with Crippen molar-refractivity contribution in [1.82, 2.24) is 9.97 Å². The Morgan fingerprint density at radius 2 is 1.91 bits per heavy atom. The van der Waals surface area contributed by atoms with Crippen LogP contribution >= 0.6 is 22.6 Å². The smallest absolute Gasteiger partial charge is 0.353 e. The molecule has 0 bridgehead atoms. The first-order valence-corrected chi connectivity index (χ1v) is 7.95. The van der Waals surface area contributed by atoms with E-state index in [1.165, 1.54) is 6.33 Å². The van der Waals surface area contributed by atoms with Crippen LogP contribution in [0.1, 0.15) is 19.8 Å². The molecule has 0 aliphatic heterocycles. The van der Waals surface area contributed by atoms with Crippen molar-refractivity contribution in [2.24, 2.45) is 0 Å². The molecule has 116 valence electrons. The second-order valence-corrected chi connectivity index (χ2v) is 5.83. The summed E-state index contributed by atoms with van der Waals surface area (Å²) < 4.78 is 1.09. The topological polar surface area (TPSA) is 93.0 Å². The lowest BCUT2D eigenvalue weighted by atomic mass is 10.3. The summed E-state index contributed by atoms with van der Waals surface area (Å²) in [5.41, 5.74) is 0.596. The van der Waals surface area contributed by atoms with E-state index >= 15 is 0 Å². The molecule has 7 nitrogen and oxygen atoms in total. The first-order valence-electron chi connectivity index (χ1n) is 6.87. The zero-order valence-electron chi connectivity index (χ0n) is 12.0. The van der Waals surface area contributed by atoms with Crippen molar-refractivity contribution in [3.05, 3.63) is 44.3 Å². The lowest BCUT2D eigenvalue weighted by Crippen LogP contribution is -2.09. The van der Waals surface area contributed by atoms with Crippen molar-refractivity contribution in [1.29, 1.82) is 0 Å². The second kappa shape index (κ2) is 7.87. The quantitative estimate of drug-likeness (QED) is 0.309. The molecule has 2 N–H and O–H groups in total. The maximum absolute atomic E-state index is 11.4. The molecule has 0 radical (unpaired) electrons. The third-order valence-corrected chi connectivity index (χ3v) is 3.65. The molecule has 0 spiro atoms. The van der Waals surface area contributed by atoms with E-state index in [1.807, 2.05) is 24.3 Å². The molecule has 0 atom stereocenters. The Morgan fingerprint density at radius 1 is 1.23 bits per heavy atom. The summed E-state index contributed by atoms with van der Waals surface area (Å²) in [5, 5.41) is 17.3. The second-order valence-electron chi connectivity index (χ2n) is 4.59. The van der Waals surface area contributed by atoms with Gasteiger partial charge in [0.05, 0.1) is 4.92 Å². The van der Waals surface area contributed by atoms with Crippen LogP contribution in [0.15, 0.2) is 30.6 Å². The number of aromatic nitrogens is 2. The van der Waals surface area contributed by atoms with Crippen molar-refractivity contribution < 1.29 is 4.92 Å². The third kappa shape index (κ3) is 4.26. The van der Waals surface area contributed by atoms with Crippen LogP contribution in [0, 0.1) is 13.7 Å². The predicted octanol–water partition coefficient (Wildman–Crippen LogP) is 3.95. The highest BCUT2D eigenvalue weighted by molar-refractivity contribution is 14.1. The molecule has 0 saturated carbocycles. The molecule has 0 aliphatic carbocycles. The van der Waals surface area contributed by atoms with Gasteiger partial charge < -0.3 is 10.6 Å². The number of benzene rings is 1. The Kier molecular flexibility index (Phi) is 5.87. The van der Waals surface area contributed by atoms with Gasteiger partial charge in [-0.25, -0.2) is 9.97 Å². The van der Waals surface area contributed by atoms with E-state index in [4.69, 9.17) is 0 Å². The number of rotatable bonds is 7. The van der Waals surface area contributed by atoms with Crippen LogP contribution in [0.25, 0.3) is 0 Å². The van der Waals surface area contributed by atoms with Gasteiger partial charge in [-0.1, -0.05) is 13.3 Å². The molecule has 2 aromatic rings. The fourth-order valence-electron chi connectivity index (χ4n) is 1.83. The van der Waals surface area contributed by atoms with E-state index in [0.29, 0.717) is 6.54 Å². The molecule has 0 unspecified atom stereocenters. The minimum absolute atomic E-state index is 0.142. The van der Waals surface area contributed by atoms with Gasteiger partial charge in [-0.2, -0.15) is 0 Å². The molecule has 22 heavy (non-hydrogen) atoms. The average molecular weight is 413 g/mol. The molecule has 1 aromatic heterocycles. The summed E-state index contributed by atoms with van der Waals surface area (Å²) in [6, 6.07) is 7.52. The molecule has 0 fully saturated rings. The fraction of sp³-hybridized carbons (Fsp3) is 0.286. The van der Waals surface area contributed by atoms with Crippen molar-refractivity contribution in [3.63, 3.8) is 0 Å². The van der Waals surface area contributed by atoms with Crippen LogP contribution in [0.3, 0.4) is 0 Å². The van der Waals surface area contributed by atoms with E-state index < -0.39 is 4.92 Å². The molecule has 2 rings (SSSR count). The van der Waals surface area contributed by atoms with E-state index in [2.05, 4.69) is 50.1 Å². The summed E-state index contributed by atoms with van der Waals surface area (Å²) >= 11 is 2.20. The maximum Gasteiger partial charge on any atom is 0.353 e. The van der Waals surface area contributed by atoms with Crippen molar-refractivity contribution in [2.75, 3.05) is 17.2 Å². The Balaban J connectivity index is 2.27. The number of anilines is 3. The molecule has 8 heteroatoms. The van der Waals surface area contributed by atoms with Gasteiger partial charge in [-0.3, -0.25) is 10.1 Å². The molecular formula is C14H16IN5O2. The van der Waals surface area contributed by atoms with Crippen molar-refractivity contribution in [3.8, 4) is 0 Å². The average Bonchev–Trinajstić information content (AvgIpc) is 2.50. The predicted molar refractivity (Wildman–Crippen MR) is 94.5 cm³/mol. The maximum atomic E-state index is 11.4. The molecular weight excluding hydrogens is 397 g/mol. The number of hydrogen-bond acceptors (Lipinski definition) is 6. The monoisotopic (exact) mass is 413 g/mol. The van der Waals surface area contributed by atoms with Gasteiger partial charge in [0, 0.05) is 15.8 Å². The Labute approximate surface area is 141 Å². The molecule has 1 heterocycles. The molecule has 0 amide bonds. The SMILES string of the molecule is CCCCNc1ncnc(Nc2ccc(I)cc2)c1[N+](=O)[O-]. The molecule has 1 aromatic carbocycles. The van der Waals surface area contributed by atoms with Gasteiger partial charge in [0.25, 0.3) is 0 Å². The van der Waals surface area contributed by atoms with Crippen molar-refractivity contribution in [2.45, 2.75) is 19.8 Å². The summed E-state index contributed by atoms with van der Waals surface area (Å²) in [6.45, 7) is 2.69. The summed E-state index contributed by atoms with van der Waals surface area (Å²) in [6.07, 6.45) is 3.23. The van der Waals surface area contributed by atoms with Gasteiger partial charge in [-0.15, -0.1) is 0 Å². The zero-order chi connectivity index (χ0) is 15.9. The Bertz CT molecular complexity index is 648.